The fraction of sp³-hybridized carbons (Fsp3) is 0.300. The molecule has 1 fully saturated rings. The summed E-state index contributed by atoms with van der Waals surface area (Å²) >= 11 is 0. The van der Waals surface area contributed by atoms with Crippen molar-refractivity contribution >= 4 is 32.5 Å². The second kappa shape index (κ2) is 7.55. The molecule has 1 saturated carbocycles. The lowest BCUT2D eigenvalue weighted by Gasteiger charge is -2.12. The number of rotatable bonds is 5. The van der Waals surface area contributed by atoms with Crippen LogP contribution in [0.2, 0.25) is 0 Å². The van der Waals surface area contributed by atoms with Crippen LogP contribution < -0.4 is 5.32 Å². The number of nitrogens with zero attached hydrogens (tertiary/aromatic N) is 1. The highest BCUT2D eigenvalue weighted by molar-refractivity contribution is 7.92. The number of nitrogens with one attached hydrogen (secondary N) is 2. The monoisotopic (exact) mass is 419 g/mol. The van der Waals surface area contributed by atoms with Gasteiger partial charge in [0.25, 0.3) is 12.3 Å². The molecule has 0 bridgehead atoms. The standard InChI is InChI=1S/C20H19F2N3O3S/c21-18(22)19-24-16-10-5-12(11-17(16)25-19)20(26)23-13-6-8-15(9-7-13)29(27,28)14-3-1-2-4-14/h5-11,14,18H,1-4H2,(H,23,26)(H,24,25). The van der Waals surface area contributed by atoms with Gasteiger partial charge in [-0.1, -0.05) is 12.8 Å². The van der Waals surface area contributed by atoms with Gasteiger partial charge in [0.2, 0.25) is 0 Å². The SMILES string of the molecule is O=C(Nc1ccc(S(=O)(=O)C2CCCC2)cc1)c1ccc2nc(C(F)F)[nH]c2c1. The van der Waals surface area contributed by atoms with E-state index in [1.807, 2.05) is 0 Å². The minimum atomic E-state index is -3.35. The van der Waals surface area contributed by atoms with E-state index < -0.39 is 28.0 Å². The number of H-pyrrole nitrogens is 1. The fourth-order valence-electron chi connectivity index (χ4n) is 3.60. The minimum absolute atomic E-state index is 0.251. The van der Waals surface area contributed by atoms with Gasteiger partial charge in [-0.15, -0.1) is 0 Å². The van der Waals surface area contributed by atoms with Gasteiger partial charge in [-0.25, -0.2) is 22.2 Å². The van der Waals surface area contributed by atoms with Crippen molar-refractivity contribution < 1.29 is 22.0 Å². The molecule has 1 heterocycles. The highest BCUT2D eigenvalue weighted by atomic mass is 32.2. The number of hydrogen-bond acceptors (Lipinski definition) is 4. The predicted octanol–water partition coefficient (Wildman–Crippen LogP) is 4.47. The smallest absolute Gasteiger partial charge is 0.295 e. The van der Waals surface area contributed by atoms with E-state index in [0.717, 1.165) is 12.8 Å². The van der Waals surface area contributed by atoms with Crippen molar-refractivity contribution in [3.8, 4) is 0 Å². The largest absolute Gasteiger partial charge is 0.337 e. The summed E-state index contributed by atoms with van der Waals surface area (Å²) in [6.45, 7) is 0. The summed E-state index contributed by atoms with van der Waals surface area (Å²) in [5.41, 5.74) is 1.40. The van der Waals surface area contributed by atoms with Crippen molar-refractivity contribution in [3.63, 3.8) is 0 Å². The summed E-state index contributed by atoms with van der Waals surface area (Å²) in [6, 6.07) is 10.5. The molecule has 0 saturated heterocycles. The quantitative estimate of drug-likeness (QED) is 0.638. The van der Waals surface area contributed by atoms with Gasteiger partial charge in [-0.2, -0.15) is 0 Å². The predicted molar refractivity (Wildman–Crippen MR) is 105 cm³/mol. The Morgan fingerprint density at radius 2 is 1.79 bits per heavy atom. The van der Waals surface area contributed by atoms with E-state index in [-0.39, 0.29) is 15.7 Å². The van der Waals surface area contributed by atoms with Gasteiger partial charge in [0.1, 0.15) is 0 Å². The van der Waals surface area contributed by atoms with E-state index >= 15 is 0 Å². The minimum Gasteiger partial charge on any atom is -0.337 e. The van der Waals surface area contributed by atoms with E-state index in [0.29, 0.717) is 29.6 Å². The first-order valence-electron chi connectivity index (χ1n) is 9.28. The van der Waals surface area contributed by atoms with Gasteiger partial charge in [0, 0.05) is 11.3 Å². The second-order valence-corrected chi connectivity index (χ2v) is 9.31. The Kier molecular flexibility index (Phi) is 5.08. The number of aromatic nitrogens is 2. The molecule has 0 atom stereocenters. The Labute approximate surface area is 166 Å². The van der Waals surface area contributed by atoms with Crippen LogP contribution in [0.5, 0.6) is 0 Å². The van der Waals surface area contributed by atoms with Crippen LogP contribution >= 0.6 is 0 Å². The molecule has 0 spiro atoms. The highest BCUT2D eigenvalue weighted by Crippen LogP contribution is 2.30. The molecule has 2 N–H and O–H groups in total. The summed E-state index contributed by atoms with van der Waals surface area (Å²) in [4.78, 5) is 19.0. The van der Waals surface area contributed by atoms with Gasteiger partial charge in [0.15, 0.2) is 15.7 Å². The molecular formula is C20H19F2N3O3S. The van der Waals surface area contributed by atoms with E-state index in [9.17, 15) is 22.0 Å². The van der Waals surface area contributed by atoms with Crippen LogP contribution in [0.3, 0.4) is 0 Å². The van der Waals surface area contributed by atoms with Crippen molar-refractivity contribution in [2.45, 2.75) is 42.3 Å². The van der Waals surface area contributed by atoms with E-state index in [4.69, 9.17) is 0 Å². The first kappa shape index (κ1) is 19.5. The molecule has 6 nitrogen and oxygen atoms in total. The van der Waals surface area contributed by atoms with Crippen molar-refractivity contribution in [1.29, 1.82) is 0 Å². The molecule has 3 aromatic rings. The second-order valence-electron chi connectivity index (χ2n) is 7.08. The maximum Gasteiger partial charge on any atom is 0.295 e. The molecule has 9 heteroatoms. The Hall–Kier alpha value is -2.81. The van der Waals surface area contributed by atoms with Crippen LogP contribution in [0.15, 0.2) is 47.4 Å². The molecule has 1 aliphatic carbocycles. The maximum atomic E-state index is 12.8. The van der Waals surface area contributed by atoms with Crippen molar-refractivity contribution in [1.82, 2.24) is 9.97 Å². The summed E-state index contributed by atoms with van der Waals surface area (Å²) in [6.07, 6.45) is 0.502. The number of halogens is 2. The Morgan fingerprint density at radius 1 is 1.10 bits per heavy atom. The number of amides is 1. The number of fused-ring (bicyclic) bond motifs is 1. The molecule has 1 amide bonds. The van der Waals surface area contributed by atoms with Crippen LogP contribution in [-0.4, -0.2) is 29.5 Å². The Balaban J connectivity index is 1.50. The zero-order chi connectivity index (χ0) is 20.6. The summed E-state index contributed by atoms with van der Waals surface area (Å²) in [5.74, 6) is -0.886. The van der Waals surface area contributed by atoms with Crippen molar-refractivity contribution in [3.05, 3.63) is 53.9 Å². The normalized spacial score (nSPS) is 15.3. The number of imidazole rings is 1. The third kappa shape index (κ3) is 3.87. The third-order valence-corrected chi connectivity index (χ3v) is 7.43. The maximum absolute atomic E-state index is 12.8. The number of aromatic amines is 1. The number of carbonyl (C=O) groups is 1. The van der Waals surface area contributed by atoms with Gasteiger partial charge in [-0.3, -0.25) is 4.79 Å². The average molecular weight is 419 g/mol. The number of alkyl halides is 2. The first-order chi connectivity index (χ1) is 13.8. The highest BCUT2D eigenvalue weighted by Gasteiger charge is 2.30. The topological polar surface area (TPSA) is 91.9 Å². The van der Waals surface area contributed by atoms with Gasteiger partial charge < -0.3 is 10.3 Å². The van der Waals surface area contributed by atoms with Gasteiger partial charge in [-0.05, 0) is 55.3 Å². The average Bonchev–Trinajstić information content (AvgIpc) is 3.38. The summed E-state index contributed by atoms with van der Waals surface area (Å²) in [7, 11) is -3.35. The van der Waals surface area contributed by atoms with Crippen molar-refractivity contribution in [2.24, 2.45) is 0 Å². The number of anilines is 1. The van der Waals surface area contributed by atoms with Crippen LogP contribution in [0.25, 0.3) is 11.0 Å². The molecule has 29 heavy (non-hydrogen) atoms. The van der Waals surface area contributed by atoms with E-state index in [1.54, 1.807) is 12.1 Å². The number of benzene rings is 2. The number of hydrogen-bond donors (Lipinski definition) is 2. The van der Waals surface area contributed by atoms with Crippen LogP contribution in [0.1, 0.15) is 48.3 Å². The zero-order valence-electron chi connectivity index (χ0n) is 15.4. The molecule has 1 aliphatic rings. The molecule has 0 radical (unpaired) electrons. The van der Waals surface area contributed by atoms with Crippen LogP contribution in [-0.2, 0) is 9.84 Å². The zero-order valence-corrected chi connectivity index (χ0v) is 16.2. The summed E-state index contributed by atoms with van der Waals surface area (Å²) in [5, 5.41) is 2.35. The molecule has 152 valence electrons. The Bertz CT molecular complexity index is 1150. The lowest BCUT2D eigenvalue weighted by Crippen LogP contribution is -2.18. The first-order valence-corrected chi connectivity index (χ1v) is 10.8. The fourth-order valence-corrected chi connectivity index (χ4v) is 5.45. The van der Waals surface area contributed by atoms with E-state index in [2.05, 4.69) is 15.3 Å². The lowest BCUT2D eigenvalue weighted by atomic mass is 10.2. The number of carbonyl (C=O) groups excluding carboxylic acids is 1. The number of sulfone groups is 1. The molecule has 0 unspecified atom stereocenters. The molecule has 0 aliphatic heterocycles. The lowest BCUT2D eigenvalue weighted by molar-refractivity contribution is 0.102. The van der Waals surface area contributed by atoms with Gasteiger partial charge >= 0.3 is 0 Å². The third-order valence-electron chi connectivity index (χ3n) is 5.15. The Morgan fingerprint density at radius 3 is 2.45 bits per heavy atom. The molecule has 4 rings (SSSR count). The van der Waals surface area contributed by atoms with Gasteiger partial charge in [0.05, 0.1) is 21.2 Å². The molecular weight excluding hydrogens is 400 g/mol. The van der Waals surface area contributed by atoms with Crippen molar-refractivity contribution in [2.75, 3.05) is 5.32 Å². The molecule has 1 aromatic heterocycles. The van der Waals surface area contributed by atoms with Crippen LogP contribution in [0, 0.1) is 0 Å². The van der Waals surface area contributed by atoms with Crippen LogP contribution in [0.4, 0.5) is 14.5 Å². The van der Waals surface area contributed by atoms with E-state index in [1.165, 1.54) is 30.3 Å². The summed E-state index contributed by atoms with van der Waals surface area (Å²) < 4.78 is 50.7. The molecule has 2 aromatic carbocycles.